The molecule has 1 aliphatic rings. The smallest absolute Gasteiger partial charge is 0.252 e. The van der Waals surface area contributed by atoms with Crippen LogP contribution in [0.2, 0.25) is 0 Å². The number of aromatic nitrogens is 2. The van der Waals surface area contributed by atoms with E-state index in [1.54, 1.807) is 17.7 Å². The first-order chi connectivity index (χ1) is 15.6. The van der Waals surface area contributed by atoms with Crippen LogP contribution >= 0.6 is 23.1 Å². The fourth-order valence-electron chi connectivity index (χ4n) is 3.54. The van der Waals surface area contributed by atoms with Crippen molar-refractivity contribution < 1.29 is 14.3 Å². The molecule has 8 heteroatoms. The van der Waals surface area contributed by atoms with E-state index in [2.05, 4.69) is 29.1 Å². The van der Waals surface area contributed by atoms with Crippen molar-refractivity contribution >= 4 is 39.2 Å². The summed E-state index contributed by atoms with van der Waals surface area (Å²) in [6, 6.07) is 15.1. The Balaban J connectivity index is 1.32. The van der Waals surface area contributed by atoms with Crippen molar-refractivity contribution in [2.75, 3.05) is 13.2 Å². The number of para-hydroxylation sites is 2. The van der Waals surface area contributed by atoms with Gasteiger partial charge in [-0.25, -0.2) is 9.97 Å². The molecular formula is C24H21N3O3S2. The lowest BCUT2D eigenvalue weighted by atomic mass is 10.2. The molecular weight excluding hydrogens is 442 g/mol. The molecule has 1 N–H and O–H groups in total. The van der Waals surface area contributed by atoms with E-state index in [0.717, 1.165) is 25.9 Å². The summed E-state index contributed by atoms with van der Waals surface area (Å²) in [5.41, 5.74) is 1.79. The number of ether oxygens (including phenoxy) is 2. The van der Waals surface area contributed by atoms with Gasteiger partial charge >= 0.3 is 0 Å². The second-order valence-corrected chi connectivity index (χ2v) is 9.68. The number of rotatable bonds is 5. The van der Waals surface area contributed by atoms with Crippen LogP contribution < -0.4 is 14.8 Å². The minimum absolute atomic E-state index is 0.154. The van der Waals surface area contributed by atoms with Gasteiger partial charge in [0.15, 0.2) is 11.5 Å². The third-order valence-electron chi connectivity index (χ3n) is 5.33. The number of carbonyl (C=O) groups excluding carboxylic acids is 1. The zero-order valence-electron chi connectivity index (χ0n) is 17.6. The van der Waals surface area contributed by atoms with E-state index in [0.29, 0.717) is 24.5 Å². The number of carbonyl (C=O) groups is 1. The third kappa shape index (κ3) is 4.03. The highest BCUT2D eigenvalue weighted by Gasteiger charge is 2.22. The molecule has 0 aliphatic carbocycles. The van der Waals surface area contributed by atoms with Crippen molar-refractivity contribution in [2.24, 2.45) is 0 Å². The fourth-order valence-corrected chi connectivity index (χ4v) is 5.68. The summed E-state index contributed by atoms with van der Waals surface area (Å²) in [6.45, 7) is 4.92. The Morgan fingerprint density at radius 2 is 1.91 bits per heavy atom. The van der Waals surface area contributed by atoms with Crippen LogP contribution in [0.4, 0.5) is 0 Å². The number of hydrogen-bond acceptors (Lipinski definition) is 7. The van der Waals surface area contributed by atoms with E-state index in [4.69, 9.17) is 9.47 Å². The predicted molar refractivity (Wildman–Crippen MR) is 126 cm³/mol. The van der Waals surface area contributed by atoms with Crippen molar-refractivity contribution in [3.8, 4) is 11.5 Å². The zero-order chi connectivity index (χ0) is 22.1. The molecule has 0 fully saturated rings. The van der Waals surface area contributed by atoms with E-state index < -0.39 is 0 Å². The summed E-state index contributed by atoms with van der Waals surface area (Å²) in [5, 5.41) is 4.91. The number of nitrogens with one attached hydrogen (secondary N) is 1. The molecule has 0 radical (unpaired) electrons. The molecule has 162 valence electrons. The molecule has 0 spiro atoms. The minimum atomic E-state index is -0.244. The van der Waals surface area contributed by atoms with Gasteiger partial charge in [-0.15, -0.1) is 11.3 Å². The van der Waals surface area contributed by atoms with Crippen molar-refractivity contribution in [1.82, 2.24) is 15.3 Å². The first-order valence-electron chi connectivity index (χ1n) is 10.2. The van der Waals surface area contributed by atoms with Gasteiger partial charge in [0, 0.05) is 15.2 Å². The molecule has 0 saturated carbocycles. The monoisotopic (exact) mass is 463 g/mol. The Hall–Kier alpha value is -3.10. The molecule has 1 amide bonds. The van der Waals surface area contributed by atoms with Crippen LogP contribution in [-0.2, 0) is 0 Å². The van der Waals surface area contributed by atoms with Gasteiger partial charge in [-0.1, -0.05) is 36.0 Å². The molecule has 32 heavy (non-hydrogen) atoms. The Labute approximate surface area is 194 Å². The molecule has 2 aromatic carbocycles. The van der Waals surface area contributed by atoms with Crippen molar-refractivity contribution in [3.63, 3.8) is 0 Å². The van der Waals surface area contributed by atoms with Gasteiger partial charge in [0.2, 0.25) is 0 Å². The first-order valence-corrected chi connectivity index (χ1v) is 11.9. The second-order valence-electron chi connectivity index (χ2n) is 7.45. The van der Waals surface area contributed by atoms with Crippen LogP contribution in [0.5, 0.6) is 11.5 Å². The standard InChI is InChI=1S/C24H21N3O3S2/c1-14-15(2)31-23-21(14)24(27-13-26-23)32-20-10-6-3-7-17(20)22(28)25-11-16-12-29-18-8-4-5-9-19(18)30-16/h3-10,13,16H,11-12H2,1-2H3,(H,25,28)/t16-/m0/s1. The molecule has 4 aromatic rings. The normalized spacial score (nSPS) is 15.0. The van der Waals surface area contributed by atoms with Crippen LogP contribution in [-0.4, -0.2) is 35.1 Å². The SMILES string of the molecule is Cc1sc2ncnc(Sc3ccccc3C(=O)NC[C@H]3COc4ccccc4O3)c2c1C. The molecule has 3 heterocycles. The van der Waals surface area contributed by atoms with E-state index in [1.807, 2.05) is 48.5 Å². The molecule has 0 saturated heterocycles. The van der Waals surface area contributed by atoms with Crippen LogP contribution in [0, 0.1) is 13.8 Å². The number of hydrogen-bond donors (Lipinski definition) is 1. The third-order valence-corrected chi connectivity index (χ3v) is 7.52. The summed E-state index contributed by atoms with van der Waals surface area (Å²) < 4.78 is 11.7. The molecule has 1 atom stereocenters. The largest absolute Gasteiger partial charge is 0.486 e. The highest BCUT2D eigenvalue weighted by Crippen LogP contribution is 2.38. The number of thiophene rings is 1. The van der Waals surface area contributed by atoms with Crippen LogP contribution in [0.3, 0.4) is 0 Å². The number of nitrogens with zero attached hydrogens (tertiary/aromatic N) is 2. The summed E-state index contributed by atoms with van der Waals surface area (Å²) in [6.07, 6.45) is 1.34. The van der Waals surface area contributed by atoms with E-state index in [-0.39, 0.29) is 12.0 Å². The lowest BCUT2D eigenvalue weighted by Gasteiger charge is -2.26. The quantitative estimate of drug-likeness (QED) is 0.419. The Morgan fingerprint density at radius 3 is 2.78 bits per heavy atom. The maximum Gasteiger partial charge on any atom is 0.252 e. The maximum absolute atomic E-state index is 13.0. The lowest BCUT2D eigenvalue weighted by molar-refractivity contribution is 0.0787. The average molecular weight is 464 g/mol. The topological polar surface area (TPSA) is 73.3 Å². The first kappa shape index (κ1) is 20.8. The molecule has 2 aromatic heterocycles. The molecule has 6 nitrogen and oxygen atoms in total. The van der Waals surface area contributed by atoms with E-state index in [9.17, 15) is 4.79 Å². The van der Waals surface area contributed by atoms with Gasteiger partial charge in [-0.2, -0.15) is 0 Å². The van der Waals surface area contributed by atoms with Crippen LogP contribution in [0.1, 0.15) is 20.8 Å². The van der Waals surface area contributed by atoms with Crippen LogP contribution in [0.25, 0.3) is 10.2 Å². The minimum Gasteiger partial charge on any atom is -0.486 e. The number of benzene rings is 2. The highest BCUT2D eigenvalue weighted by molar-refractivity contribution is 7.99. The summed E-state index contributed by atoms with van der Waals surface area (Å²) in [7, 11) is 0. The van der Waals surface area contributed by atoms with E-state index >= 15 is 0 Å². The molecule has 0 bridgehead atoms. The summed E-state index contributed by atoms with van der Waals surface area (Å²) >= 11 is 3.15. The fraction of sp³-hybridized carbons (Fsp3) is 0.208. The van der Waals surface area contributed by atoms with Gasteiger partial charge in [0.05, 0.1) is 12.1 Å². The van der Waals surface area contributed by atoms with Gasteiger partial charge < -0.3 is 14.8 Å². The summed E-state index contributed by atoms with van der Waals surface area (Å²) in [5.74, 6) is 1.27. The highest BCUT2D eigenvalue weighted by atomic mass is 32.2. The van der Waals surface area contributed by atoms with E-state index in [1.165, 1.54) is 22.2 Å². The number of fused-ring (bicyclic) bond motifs is 2. The lowest BCUT2D eigenvalue weighted by Crippen LogP contribution is -2.40. The van der Waals surface area contributed by atoms with Crippen molar-refractivity contribution in [2.45, 2.75) is 29.9 Å². The van der Waals surface area contributed by atoms with Crippen molar-refractivity contribution in [1.29, 1.82) is 0 Å². The van der Waals surface area contributed by atoms with Gasteiger partial charge in [0.1, 0.15) is 28.9 Å². The Bertz CT molecular complexity index is 1300. The zero-order valence-corrected chi connectivity index (χ0v) is 19.3. The average Bonchev–Trinajstić information content (AvgIpc) is 3.12. The molecule has 5 rings (SSSR count). The number of aryl methyl sites for hydroxylation is 2. The van der Waals surface area contributed by atoms with Gasteiger partial charge in [-0.3, -0.25) is 4.79 Å². The molecule has 0 unspecified atom stereocenters. The maximum atomic E-state index is 13.0. The van der Waals surface area contributed by atoms with Crippen molar-refractivity contribution in [3.05, 3.63) is 70.9 Å². The second kappa shape index (κ2) is 8.80. The Morgan fingerprint density at radius 1 is 1.12 bits per heavy atom. The Kier molecular flexibility index (Phi) is 5.71. The van der Waals surface area contributed by atoms with Gasteiger partial charge in [0.25, 0.3) is 5.91 Å². The van der Waals surface area contributed by atoms with Gasteiger partial charge in [-0.05, 0) is 43.7 Å². The predicted octanol–water partition coefficient (Wildman–Crippen LogP) is 5.03. The van der Waals surface area contributed by atoms with Crippen LogP contribution in [0.15, 0.2) is 64.8 Å². The molecule has 1 aliphatic heterocycles. The number of amides is 1. The summed E-state index contributed by atoms with van der Waals surface area (Å²) in [4.78, 5) is 25.0.